The first-order valence-corrected chi connectivity index (χ1v) is 13.2. The molecule has 8 heteroatoms. The summed E-state index contributed by atoms with van der Waals surface area (Å²) in [6, 6.07) is 16.3. The Kier molecular flexibility index (Phi) is 9.82. The Labute approximate surface area is 212 Å². The number of carbonyl (C=O) groups is 1. The first-order valence-electron chi connectivity index (χ1n) is 11.9. The molecule has 6 nitrogen and oxygen atoms in total. The molecule has 3 rings (SSSR count). The summed E-state index contributed by atoms with van der Waals surface area (Å²) in [5, 5.41) is 9.94. The zero-order valence-electron chi connectivity index (χ0n) is 21.0. The van der Waals surface area contributed by atoms with Gasteiger partial charge in [-0.25, -0.2) is 4.39 Å². The van der Waals surface area contributed by atoms with E-state index in [-0.39, 0.29) is 30.9 Å². The van der Waals surface area contributed by atoms with Gasteiger partial charge in [0.15, 0.2) is 0 Å². The normalized spacial score (nSPS) is 12.5. The fourth-order valence-electron chi connectivity index (χ4n) is 4.19. The van der Waals surface area contributed by atoms with Crippen LogP contribution < -0.4 is 0 Å². The molecule has 1 heterocycles. The van der Waals surface area contributed by atoms with E-state index < -0.39 is 20.1 Å². The van der Waals surface area contributed by atoms with Crippen LogP contribution in [-0.4, -0.2) is 42.0 Å². The second-order valence-electron chi connectivity index (χ2n) is 8.88. The number of ether oxygens (including phenoxy) is 1. The van der Waals surface area contributed by atoms with Gasteiger partial charge in [-0.05, 0) is 51.8 Å². The molecule has 1 aromatic heterocycles. The van der Waals surface area contributed by atoms with Gasteiger partial charge in [-0.3, -0.25) is 9.78 Å². The van der Waals surface area contributed by atoms with E-state index in [1.54, 1.807) is 12.1 Å². The third-order valence-corrected chi connectivity index (χ3v) is 7.01. The van der Waals surface area contributed by atoms with Crippen molar-refractivity contribution in [3.63, 3.8) is 0 Å². The smallest absolute Gasteiger partial charge is 0.465 e. The number of rotatable bonds is 11. The third kappa shape index (κ3) is 7.03. The molecule has 0 aliphatic rings. The van der Waals surface area contributed by atoms with Crippen LogP contribution in [0.1, 0.15) is 43.0 Å². The highest BCUT2D eigenvalue weighted by Crippen LogP contribution is 2.37. The summed E-state index contributed by atoms with van der Waals surface area (Å²) in [5.41, 5.74) is 6.42. The molecule has 2 atom stereocenters. The van der Waals surface area contributed by atoms with Crippen molar-refractivity contribution in [3.05, 3.63) is 77.2 Å². The number of hydrogen-bond acceptors (Lipinski definition) is 6. The van der Waals surface area contributed by atoms with Crippen LogP contribution in [0.15, 0.2) is 54.6 Å². The van der Waals surface area contributed by atoms with Gasteiger partial charge in [0.1, 0.15) is 11.9 Å². The molecule has 1 N–H and O–H groups in total. The van der Waals surface area contributed by atoms with Crippen LogP contribution >= 0.6 is 8.03 Å². The van der Waals surface area contributed by atoms with E-state index in [0.717, 1.165) is 39.2 Å². The molecule has 0 amide bonds. The molecule has 3 aromatic rings. The molecule has 0 fully saturated rings. The quantitative estimate of drug-likeness (QED) is 0.243. The minimum absolute atomic E-state index is 0.0850. The highest BCUT2D eigenvalue weighted by atomic mass is 31.1. The molecule has 0 bridgehead atoms. The van der Waals surface area contributed by atoms with Crippen molar-refractivity contribution in [1.82, 2.24) is 4.98 Å². The Hall–Kier alpha value is -2.99. The molecule has 0 saturated heterocycles. The highest BCUT2D eigenvalue weighted by molar-refractivity contribution is 7.39. The largest absolute Gasteiger partial charge is 0.510 e. The van der Waals surface area contributed by atoms with E-state index in [9.17, 15) is 18.9 Å². The van der Waals surface area contributed by atoms with Crippen LogP contribution in [0.25, 0.3) is 22.4 Å². The van der Waals surface area contributed by atoms with Crippen molar-refractivity contribution in [1.29, 1.82) is 0 Å². The second kappa shape index (κ2) is 12.8. The lowest BCUT2D eigenvalue weighted by Crippen LogP contribution is -2.19. The fraction of sp³-hybridized carbons (Fsp3) is 0.357. The Balaban J connectivity index is 1.95. The van der Waals surface area contributed by atoms with Gasteiger partial charge in [-0.15, -0.1) is 4.52 Å². The topological polar surface area (TPSA) is 85.7 Å². The molecule has 0 aliphatic carbocycles. The number of nitrogens with zero attached hydrogens (tertiary/aromatic N) is 1. The summed E-state index contributed by atoms with van der Waals surface area (Å²) < 4.78 is 35.2. The van der Waals surface area contributed by atoms with Crippen molar-refractivity contribution in [2.24, 2.45) is 0 Å². The summed E-state index contributed by atoms with van der Waals surface area (Å²) in [4.78, 5) is 17.3. The molecule has 2 unspecified atom stereocenters. The first-order chi connectivity index (χ1) is 17.2. The fourth-order valence-corrected chi connectivity index (χ4v) is 4.81. The zero-order chi connectivity index (χ0) is 26.2. The number of pyridine rings is 1. The van der Waals surface area contributed by atoms with Crippen LogP contribution in [0.4, 0.5) is 4.39 Å². The number of halogens is 1. The predicted octanol–water partition coefficient (Wildman–Crippen LogP) is 6.21. The van der Waals surface area contributed by atoms with Crippen molar-refractivity contribution in [2.45, 2.75) is 45.6 Å². The molecule has 0 spiro atoms. The lowest BCUT2D eigenvalue weighted by molar-refractivity contribution is -0.145. The Morgan fingerprint density at radius 3 is 2.36 bits per heavy atom. The molecule has 0 aliphatic heterocycles. The molecule has 2 aromatic carbocycles. The average Bonchev–Trinajstić information content (AvgIpc) is 2.85. The average molecular weight is 513 g/mol. The van der Waals surface area contributed by atoms with Gasteiger partial charge < -0.3 is 9.84 Å². The van der Waals surface area contributed by atoms with Gasteiger partial charge in [0.25, 0.3) is 0 Å². The summed E-state index contributed by atoms with van der Waals surface area (Å²) in [5.74, 6) is -0.811. The van der Waals surface area contributed by atoms with Gasteiger partial charge in [0.2, 0.25) is 6.16 Å². The standard InChI is InChI=1S/C28H32FNO5P/c1-18(2)27-24(14-15-35-25(32)16-23(31)17-36(33)34-4)26(20-10-12-22(29)13-11-20)19(3)28(30-27)21-8-6-5-7-9-21/h5-13,18,23,31H,14-17H2,1-4H3/q+1. The molecule has 0 saturated carbocycles. The lowest BCUT2D eigenvalue weighted by atomic mass is 9.87. The number of aliphatic hydroxyl groups excluding tert-OH is 1. The number of benzene rings is 2. The van der Waals surface area contributed by atoms with E-state index in [2.05, 4.69) is 18.4 Å². The molecular weight excluding hydrogens is 480 g/mol. The number of carbonyl (C=O) groups excluding carboxylic acids is 1. The summed E-state index contributed by atoms with van der Waals surface area (Å²) in [7, 11) is -0.725. The van der Waals surface area contributed by atoms with Crippen LogP contribution in [0.2, 0.25) is 0 Å². The zero-order valence-corrected chi connectivity index (χ0v) is 21.9. The molecule has 36 heavy (non-hydrogen) atoms. The maximum atomic E-state index is 13.7. The lowest BCUT2D eigenvalue weighted by Gasteiger charge is -2.22. The van der Waals surface area contributed by atoms with Crippen molar-refractivity contribution < 1.29 is 28.1 Å². The number of aromatic nitrogens is 1. The van der Waals surface area contributed by atoms with Gasteiger partial charge in [0, 0.05) is 17.7 Å². The Morgan fingerprint density at radius 2 is 1.75 bits per heavy atom. The van der Waals surface area contributed by atoms with Gasteiger partial charge >= 0.3 is 14.0 Å². The highest BCUT2D eigenvalue weighted by Gasteiger charge is 2.25. The second-order valence-corrected chi connectivity index (χ2v) is 10.3. The van der Waals surface area contributed by atoms with Crippen LogP contribution in [0, 0.1) is 12.7 Å². The Bertz CT molecular complexity index is 1200. The van der Waals surface area contributed by atoms with Gasteiger partial charge in [-0.1, -0.05) is 56.3 Å². The van der Waals surface area contributed by atoms with Crippen LogP contribution in [-0.2, 0) is 25.0 Å². The third-order valence-electron chi connectivity index (χ3n) is 5.88. The van der Waals surface area contributed by atoms with Crippen molar-refractivity contribution in [2.75, 3.05) is 19.9 Å². The number of aliphatic hydroxyl groups is 1. The summed E-state index contributed by atoms with van der Waals surface area (Å²) in [6.45, 7) is 6.20. The van der Waals surface area contributed by atoms with Gasteiger partial charge in [0.05, 0.1) is 25.8 Å². The maximum absolute atomic E-state index is 13.7. The van der Waals surface area contributed by atoms with Crippen molar-refractivity contribution >= 4 is 14.0 Å². The summed E-state index contributed by atoms with van der Waals surface area (Å²) >= 11 is 0. The van der Waals surface area contributed by atoms with Crippen LogP contribution in [0.5, 0.6) is 0 Å². The van der Waals surface area contributed by atoms with E-state index in [1.807, 2.05) is 37.3 Å². The Morgan fingerprint density at radius 1 is 1.08 bits per heavy atom. The van der Waals surface area contributed by atoms with Gasteiger partial charge in [-0.2, -0.15) is 0 Å². The number of esters is 1. The first kappa shape index (κ1) is 27.6. The maximum Gasteiger partial charge on any atom is 0.510 e. The van der Waals surface area contributed by atoms with Crippen molar-refractivity contribution in [3.8, 4) is 22.4 Å². The minimum Gasteiger partial charge on any atom is -0.465 e. The van der Waals surface area contributed by atoms with Crippen LogP contribution in [0.3, 0.4) is 0 Å². The van der Waals surface area contributed by atoms with E-state index in [4.69, 9.17) is 9.72 Å². The predicted molar refractivity (Wildman–Crippen MR) is 139 cm³/mol. The number of hydrogen-bond donors (Lipinski definition) is 1. The van der Waals surface area contributed by atoms with E-state index in [0.29, 0.717) is 6.42 Å². The molecule has 190 valence electrons. The van der Waals surface area contributed by atoms with E-state index in [1.165, 1.54) is 19.2 Å². The molecular formula is C28H32FNO5P+. The SMILES string of the molecule is CO[P+](=O)CC(O)CC(=O)OCCc1c(C(C)C)nc(-c2ccccc2)c(C)c1-c1ccc(F)cc1. The minimum atomic E-state index is -2.01. The molecule has 0 radical (unpaired) electrons. The summed E-state index contributed by atoms with van der Waals surface area (Å²) in [6.07, 6.45) is -1.10. The monoisotopic (exact) mass is 512 g/mol. The van der Waals surface area contributed by atoms with E-state index >= 15 is 0 Å².